The second kappa shape index (κ2) is 6.51. The number of hydrogen-bond donors (Lipinski definition) is 1. The molecule has 4 nitrogen and oxygen atoms in total. The zero-order valence-corrected chi connectivity index (χ0v) is 12.5. The standard InChI is InChI=1S/C15H28N4/c1-11(2)9-19-15(17-10-18-19)7-14-6-12(3)4-5-13(14)8-16/h10-14H,4-9,16H2,1-3H3. The van der Waals surface area contributed by atoms with E-state index >= 15 is 0 Å². The van der Waals surface area contributed by atoms with Crippen molar-refractivity contribution >= 4 is 0 Å². The van der Waals surface area contributed by atoms with E-state index in [1.807, 2.05) is 0 Å². The second-order valence-corrected chi connectivity index (χ2v) is 6.63. The van der Waals surface area contributed by atoms with Gasteiger partial charge in [-0.3, -0.25) is 0 Å². The van der Waals surface area contributed by atoms with Gasteiger partial charge in [0.2, 0.25) is 0 Å². The Morgan fingerprint density at radius 2 is 2.16 bits per heavy atom. The summed E-state index contributed by atoms with van der Waals surface area (Å²) in [6, 6.07) is 0. The molecule has 0 radical (unpaired) electrons. The minimum absolute atomic E-state index is 0.607. The van der Waals surface area contributed by atoms with E-state index in [0.717, 1.165) is 31.3 Å². The molecule has 3 atom stereocenters. The van der Waals surface area contributed by atoms with E-state index in [1.165, 1.54) is 19.3 Å². The summed E-state index contributed by atoms with van der Waals surface area (Å²) in [5.74, 6) is 3.93. The van der Waals surface area contributed by atoms with Gasteiger partial charge in [0.05, 0.1) is 0 Å². The molecule has 1 aromatic heterocycles. The summed E-state index contributed by atoms with van der Waals surface area (Å²) in [7, 11) is 0. The van der Waals surface area contributed by atoms with Gasteiger partial charge in [-0.05, 0) is 43.1 Å². The highest BCUT2D eigenvalue weighted by molar-refractivity contribution is 4.92. The lowest BCUT2D eigenvalue weighted by atomic mass is 9.73. The van der Waals surface area contributed by atoms with E-state index in [9.17, 15) is 0 Å². The molecule has 1 aromatic rings. The molecule has 1 aliphatic carbocycles. The first-order valence-electron chi connectivity index (χ1n) is 7.66. The van der Waals surface area contributed by atoms with Gasteiger partial charge in [-0.15, -0.1) is 0 Å². The molecule has 2 rings (SSSR count). The molecule has 1 saturated carbocycles. The molecule has 0 aliphatic heterocycles. The quantitative estimate of drug-likeness (QED) is 0.889. The molecule has 3 unspecified atom stereocenters. The van der Waals surface area contributed by atoms with Crippen LogP contribution in [0.3, 0.4) is 0 Å². The van der Waals surface area contributed by atoms with E-state index in [2.05, 4.69) is 35.5 Å². The van der Waals surface area contributed by atoms with Gasteiger partial charge in [-0.2, -0.15) is 5.10 Å². The monoisotopic (exact) mass is 264 g/mol. The van der Waals surface area contributed by atoms with Crippen LogP contribution in [0.25, 0.3) is 0 Å². The largest absolute Gasteiger partial charge is 0.330 e. The van der Waals surface area contributed by atoms with Crippen molar-refractivity contribution in [2.24, 2.45) is 29.4 Å². The van der Waals surface area contributed by atoms with Crippen LogP contribution in [0.2, 0.25) is 0 Å². The number of hydrogen-bond acceptors (Lipinski definition) is 3. The van der Waals surface area contributed by atoms with Crippen molar-refractivity contribution < 1.29 is 0 Å². The van der Waals surface area contributed by atoms with Crippen LogP contribution in [0.4, 0.5) is 0 Å². The van der Waals surface area contributed by atoms with E-state index in [4.69, 9.17) is 5.73 Å². The Bertz CT molecular complexity index is 385. The summed E-state index contributed by atoms with van der Waals surface area (Å²) >= 11 is 0. The second-order valence-electron chi connectivity index (χ2n) is 6.63. The van der Waals surface area contributed by atoms with Crippen molar-refractivity contribution in [3.63, 3.8) is 0 Å². The zero-order chi connectivity index (χ0) is 13.8. The summed E-state index contributed by atoms with van der Waals surface area (Å²) < 4.78 is 2.08. The van der Waals surface area contributed by atoms with Crippen LogP contribution < -0.4 is 5.73 Å². The molecule has 0 bridgehead atoms. The van der Waals surface area contributed by atoms with Gasteiger partial charge in [0.15, 0.2) is 0 Å². The average Bonchev–Trinajstić information content (AvgIpc) is 2.76. The first-order valence-corrected chi connectivity index (χ1v) is 7.66. The molecule has 0 spiro atoms. The smallest absolute Gasteiger partial charge is 0.138 e. The van der Waals surface area contributed by atoms with E-state index in [-0.39, 0.29) is 0 Å². The number of aromatic nitrogens is 3. The summed E-state index contributed by atoms with van der Waals surface area (Å²) in [5, 5.41) is 4.37. The fraction of sp³-hybridized carbons (Fsp3) is 0.867. The Morgan fingerprint density at radius 3 is 2.84 bits per heavy atom. The van der Waals surface area contributed by atoms with Gasteiger partial charge in [0.1, 0.15) is 12.2 Å². The maximum absolute atomic E-state index is 5.94. The van der Waals surface area contributed by atoms with E-state index in [0.29, 0.717) is 17.8 Å². The normalized spacial score (nSPS) is 27.9. The average molecular weight is 264 g/mol. The van der Waals surface area contributed by atoms with Crippen molar-refractivity contribution in [3.05, 3.63) is 12.2 Å². The molecule has 19 heavy (non-hydrogen) atoms. The van der Waals surface area contributed by atoms with E-state index in [1.54, 1.807) is 6.33 Å². The molecule has 0 amide bonds. The maximum Gasteiger partial charge on any atom is 0.138 e. The Hall–Kier alpha value is -0.900. The molecule has 1 aliphatic rings. The lowest BCUT2D eigenvalue weighted by Gasteiger charge is -2.34. The van der Waals surface area contributed by atoms with Crippen LogP contribution in [0.15, 0.2) is 6.33 Å². The summed E-state index contributed by atoms with van der Waals surface area (Å²) in [5.41, 5.74) is 5.94. The van der Waals surface area contributed by atoms with Gasteiger partial charge < -0.3 is 5.73 Å². The van der Waals surface area contributed by atoms with Gasteiger partial charge in [-0.25, -0.2) is 9.67 Å². The first-order chi connectivity index (χ1) is 9.10. The summed E-state index contributed by atoms with van der Waals surface area (Å²) in [6.45, 7) is 8.58. The van der Waals surface area contributed by atoms with Crippen LogP contribution in [0, 0.1) is 23.7 Å². The van der Waals surface area contributed by atoms with Crippen LogP contribution in [0.5, 0.6) is 0 Å². The molecule has 4 heteroatoms. The fourth-order valence-electron chi connectivity index (χ4n) is 3.30. The molecule has 1 fully saturated rings. The third kappa shape index (κ3) is 3.78. The Balaban J connectivity index is 2.04. The molecular formula is C15H28N4. The van der Waals surface area contributed by atoms with Crippen molar-refractivity contribution in [3.8, 4) is 0 Å². The summed E-state index contributed by atoms with van der Waals surface area (Å²) in [6.07, 6.45) is 6.63. The molecule has 108 valence electrons. The fourth-order valence-corrected chi connectivity index (χ4v) is 3.30. The predicted octanol–water partition coefficient (Wildman–Crippen LogP) is 2.49. The van der Waals surface area contributed by atoms with Gasteiger partial charge in [0.25, 0.3) is 0 Å². The highest BCUT2D eigenvalue weighted by Gasteiger charge is 2.29. The molecular weight excluding hydrogens is 236 g/mol. The van der Waals surface area contributed by atoms with Crippen molar-refractivity contribution in [2.75, 3.05) is 6.54 Å². The number of rotatable bonds is 5. The highest BCUT2D eigenvalue weighted by Crippen LogP contribution is 2.34. The first kappa shape index (κ1) is 14.5. The molecule has 2 N–H and O–H groups in total. The van der Waals surface area contributed by atoms with Gasteiger partial charge >= 0.3 is 0 Å². The molecule has 1 heterocycles. The zero-order valence-electron chi connectivity index (χ0n) is 12.5. The van der Waals surface area contributed by atoms with E-state index < -0.39 is 0 Å². The lowest BCUT2D eigenvalue weighted by molar-refractivity contribution is 0.189. The summed E-state index contributed by atoms with van der Waals surface area (Å²) in [4.78, 5) is 4.47. The van der Waals surface area contributed by atoms with Gasteiger partial charge in [-0.1, -0.05) is 27.2 Å². The molecule has 0 aromatic carbocycles. The van der Waals surface area contributed by atoms with Crippen molar-refractivity contribution in [1.29, 1.82) is 0 Å². The third-order valence-electron chi connectivity index (χ3n) is 4.38. The molecule has 0 saturated heterocycles. The van der Waals surface area contributed by atoms with Crippen molar-refractivity contribution in [1.82, 2.24) is 14.8 Å². The van der Waals surface area contributed by atoms with Crippen LogP contribution in [0.1, 0.15) is 45.9 Å². The van der Waals surface area contributed by atoms with Crippen molar-refractivity contribution in [2.45, 2.75) is 53.0 Å². The topological polar surface area (TPSA) is 56.7 Å². The lowest BCUT2D eigenvalue weighted by Crippen LogP contribution is -2.31. The number of nitrogens with zero attached hydrogens (tertiary/aromatic N) is 3. The maximum atomic E-state index is 5.94. The van der Waals surface area contributed by atoms with Crippen LogP contribution in [-0.4, -0.2) is 21.3 Å². The number of nitrogens with two attached hydrogens (primary N) is 1. The Morgan fingerprint density at radius 1 is 1.37 bits per heavy atom. The van der Waals surface area contributed by atoms with Crippen LogP contribution in [-0.2, 0) is 13.0 Å². The minimum atomic E-state index is 0.607. The highest BCUT2D eigenvalue weighted by atomic mass is 15.3. The minimum Gasteiger partial charge on any atom is -0.330 e. The van der Waals surface area contributed by atoms with Crippen LogP contribution >= 0.6 is 0 Å². The Labute approximate surface area is 116 Å². The SMILES string of the molecule is CC(C)Cn1ncnc1CC1CC(C)CCC1CN. The van der Waals surface area contributed by atoms with Gasteiger partial charge in [0, 0.05) is 13.0 Å². The Kier molecular flexibility index (Phi) is 4.97. The predicted molar refractivity (Wildman–Crippen MR) is 77.6 cm³/mol. The third-order valence-corrected chi connectivity index (χ3v) is 4.38.